The van der Waals surface area contributed by atoms with Gasteiger partial charge in [-0.3, -0.25) is 4.79 Å². The van der Waals surface area contributed by atoms with Crippen molar-refractivity contribution in [2.24, 2.45) is 5.73 Å². The summed E-state index contributed by atoms with van der Waals surface area (Å²) in [6.07, 6.45) is 0. The van der Waals surface area contributed by atoms with E-state index < -0.39 is 5.91 Å². The second-order valence-electron chi connectivity index (χ2n) is 2.53. The second kappa shape index (κ2) is 3.80. The molecule has 13 heavy (non-hydrogen) atoms. The number of primary amides is 1. The van der Waals surface area contributed by atoms with Gasteiger partial charge in [-0.05, 0) is 18.2 Å². The van der Waals surface area contributed by atoms with Gasteiger partial charge in [0, 0.05) is 12.7 Å². The van der Waals surface area contributed by atoms with Gasteiger partial charge in [-0.15, -0.1) is 0 Å². The molecule has 1 amide bonds. The Morgan fingerprint density at radius 1 is 1.54 bits per heavy atom. The zero-order valence-corrected chi connectivity index (χ0v) is 7.63. The highest BCUT2D eigenvalue weighted by atomic mass is 16.5. The molecule has 0 aliphatic heterocycles. The Labute approximate surface area is 76.7 Å². The van der Waals surface area contributed by atoms with E-state index >= 15 is 0 Å². The molecule has 0 saturated carbocycles. The standard InChI is InChI=1S/C9H12N2O2/c1-11-8-4-3-6(13-2)5-7(8)9(10)12/h3-5,11H,1-2H3,(H2,10,12). The van der Waals surface area contributed by atoms with E-state index in [1.165, 1.54) is 0 Å². The summed E-state index contributed by atoms with van der Waals surface area (Å²) < 4.78 is 4.97. The van der Waals surface area contributed by atoms with Crippen LogP contribution in [-0.2, 0) is 0 Å². The van der Waals surface area contributed by atoms with E-state index in [2.05, 4.69) is 5.32 Å². The number of carbonyl (C=O) groups is 1. The van der Waals surface area contributed by atoms with Crippen LogP contribution in [0, 0.1) is 0 Å². The molecule has 0 bridgehead atoms. The Kier molecular flexibility index (Phi) is 2.74. The Morgan fingerprint density at radius 2 is 2.23 bits per heavy atom. The monoisotopic (exact) mass is 180 g/mol. The van der Waals surface area contributed by atoms with Crippen molar-refractivity contribution in [1.82, 2.24) is 0 Å². The molecule has 0 radical (unpaired) electrons. The number of carbonyl (C=O) groups excluding carboxylic acids is 1. The average molecular weight is 180 g/mol. The molecule has 0 spiro atoms. The van der Waals surface area contributed by atoms with Crippen molar-refractivity contribution in [3.63, 3.8) is 0 Å². The largest absolute Gasteiger partial charge is 0.497 e. The van der Waals surface area contributed by atoms with Gasteiger partial charge < -0.3 is 15.8 Å². The maximum absolute atomic E-state index is 11.0. The van der Waals surface area contributed by atoms with Gasteiger partial charge in [-0.1, -0.05) is 0 Å². The third-order valence-corrected chi connectivity index (χ3v) is 1.76. The molecule has 0 fully saturated rings. The smallest absolute Gasteiger partial charge is 0.250 e. The fourth-order valence-corrected chi connectivity index (χ4v) is 1.07. The number of amides is 1. The molecule has 0 unspecified atom stereocenters. The van der Waals surface area contributed by atoms with Gasteiger partial charge in [-0.2, -0.15) is 0 Å². The number of nitrogens with one attached hydrogen (secondary N) is 1. The highest BCUT2D eigenvalue weighted by Gasteiger charge is 2.07. The van der Waals surface area contributed by atoms with Crippen LogP contribution in [0.5, 0.6) is 5.75 Å². The minimum Gasteiger partial charge on any atom is -0.497 e. The van der Waals surface area contributed by atoms with Crippen LogP contribution in [0.4, 0.5) is 5.69 Å². The van der Waals surface area contributed by atoms with Crippen molar-refractivity contribution in [3.8, 4) is 5.75 Å². The third kappa shape index (κ3) is 1.90. The lowest BCUT2D eigenvalue weighted by Gasteiger charge is -2.07. The number of rotatable bonds is 3. The summed E-state index contributed by atoms with van der Waals surface area (Å²) >= 11 is 0. The number of anilines is 1. The zero-order chi connectivity index (χ0) is 9.84. The van der Waals surface area contributed by atoms with Crippen LogP contribution in [0.2, 0.25) is 0 Å². The maximum Gasteiger partial charge on any atom is 0.250 e. The Balaban J connectivity index is 3.18. The van der Waals surface area contributed by atoms with Gasteiger partial charge in [-0.25, -0.2) is 0 Å². The summed E-state index contributed by atoms with van der Waals surface area (Å²) in [5, 5.41) is 2.87. The number of ether oxygens (including phenoxy) is 1. The van der Waals surface area contributed by atoms with Gasteiger partial charge >= 0.3 is 0 Å². The molecule has 0 aliphatic carbocycles. The molecule has 0 aliphatic rings. The number of benzene rings is 1. The fourth-order valence-electron chi connectivity index (χ4n) is 1.07. The topological polar surface area (TPSA) is 64.3 Å². The summed E-state index contributed by atoms with van der Waals surface area (Å²) in [5.41, 5.74) is 6.31. The highest BCUT2D eigenvalue weighted by molar-refractivity contribution is 5.98. The van der Waals surface area contributed by atoms with Gasteiger partial charge in [0.15, 0.2) is 0 Å². The van der Waals surface area contributed by atoms with Crippen molar-refractivity contribution in [2.75, 3.05) is 19.5 Å². The lowest BCUT2D eigenvalue weighted by Crippen LogP contribution is -2.13. The summed E-state index contributed by atoms with van der Waals surface area (Å²) in [4.78, 5) is 11.0. The highest BCUT2D eigenvalue weighted by Crippen LogP contribution is 2.20. The first-order chi connectivity index (χ1) is 6.19. The van der Waals surface area contributed by atoms with E-state index in [4.69, 9.17) is 10.5 Å². The molecule has 4 nitrogen and oxygen atoms in total. The Morgan fingerprint density at radius 3 is 2.69 bits per heavy atom. The predicted octanol–water partition coefficient (Wildman–Crippen LogP) is 0.836. The zero-order valence-electron chi connectivity index (χ0n) is 7.63. The molecule has 0 saturated heterocycles. The van der Waals surface area contributed by atoms with E-state index in [0.29, 0.717) is 17.0 Å². The van der Waals surface area contributed by atoms with Crippen LogP contribution in [0.3, 0.4) is 0 Å². The molecule has 4 heteroatoms. The summed E-state index contributed by atoms with van der Waals surface area (Å²) in [5.74, 6) is 0.149. The summed E-state index contributed by atoms with van der Waals surface area (Å²) in [6, 6.07) is 5.12. The molecule has 0 heterocycles. The Hall–Kier alpha value is -1.71. The number of methoxy groups -OCH3 is 1. The molecular formula is C9H12N2O2. The molecule has 3 N–H and O–H groups in total. The first-order valence-corrected chi connectivity index (χ1v) is 3.84. The van der Waals surface area contributed by atoms with Crippen LogP contribution >= 0.6 is 0 Å². The lowest BCUT2D eigenvalue weighted by molar-refractivity contribution is 0.100. The first kappa shape index (κ1) is 9.38. The number of hydrogen-bond donors (Lipinski definition) is 2. The lowest BCUT2D eigenvalue weighted by atomic mass is 10.1. The first-order valence-electron chi connectivity index (χ1n) is 3.84. The summed E-state index contributed by atoms with van der Waals surface area (Å²) in [6.45, 7) is 0. The molecule has 70 valence electrons. The van der Waals surface area contributed by atoms with Crippen molar-refractivity contribution in [3.05, 3.63) is 23.8 Å². The van der Waals surface area contributed by atoms with Gasteiger partial charge in [0.1, 0.15) is 5.75 Å². The molecular weight excluding hydrogens is 168 g/mol. The predicted molar refractivity (Wildman–Crippen MR) is 51.1 cm³/mol. The van der Waals surface area contributed by atoms with Crippen LogP contribution in [0.15, 0.2) is 18.2 Å². The van der Waals surface area contributed by atoms with E-state index in [1.807, 2.05) is 0 Å². The average Bonchev–Trinajstić information content (AvgIpc) is 2.16. The second-order valence-corrected chi connectivity index (χ2v) is 2.53. The Bertz CT molecular complexity index is 323. The third-order valence-electron chi connectivity index (χ3n) is 1.76. The minimum atomic E-state index is -0.469. The minimum absolute atomic E-state index is 0.432. The van der Waals surface area contributed by atoms with Crippen molar-refractivity contribution < 1.29 is 9.53 Å². The van der Waals surface area contributed by atoms with Gasteiger partial charge in [0.25, 0.3) is 5.91 Å². The fraction of sp³-hybridized carbons (Fsp3) is 0.222. The van der Waals surface area contributed by atoms with E-state index in [0.717, 1.165) is 0 Å². The molecule has 0 atom stereocenters. The van der Waals surface area contributed by atoms with Crippen molar-refractivity contribution in [1.29, 1.82) is 0 Å². The van der Waals surface area contributed by atoms with Crippen molar-refractivity contribution >= 4 is 11.6 Å². The molecule has 1 aromatic rings. The SMILES string of the molecule is CNc1ccc(OC)cc1C(N)=O. The van der Waals surface area contributed by atoms with Crippen molar-refractivity contribution in [2.45, 2.75) is 0 Å². The van der Waals surface area contributed by atoms with Crippen LogP contribution in [0.25, 0.3) is 0 Å². The van der Waals surface area contributed by atoms with E-state index in [1.54, 1.807) is 32.4 Å². The van der Waals surface area contributed by atoms with E-state index in [-0.39, 0.29) is 0 Å². The van der Waals surface area contributed by atoms with Crippen LogP contribution in [0.1, 0.15) is 10.4 Å². The maximum atomic E-state index is 11.0. The van der Waals surface area contributed by atoms with Gasteiger partial charge in [0.2, 0.25) is 0 Å². The number of nitrogens with two attached hydrogens (primary N) is 1. The van der Waals surface area contributed by atoms with Gasteiger partial charge in [0.05, 0.1) is 12.7 Å². The summed E-state index contributed by atoms with van der Waals surface area (Å²) in [7, 11) is 3.27. The van der Waals surface area contributed by atoms with Crippen LogP contribution < -0.4 is 15.8 Å². The normalized spacial score (nSPS) is 9.38. The number of hydrogen-bond acceptors (Lipinski definition) is 3. The van der Waals surface area contributed by atoms with Crippen LogP contribution in [-0.4, -0.2) is 20.1 Å². The quantitative estimate of drug-likeness (QED) is 0.724. The molecule has 1 rings (SSSR count). The molecule has 1 aromatic carbocycles. The van der Waals surface area contributed by atoms with E-state index in [9.17, 15) is 4.79 Å². The molecule has 0 aromatic heterocycles.